The number of aryl methyl sites for hydroxylation is 2. The lowest BCUT2D eigenvalue weighted by Crippen LogP contribution is -2.20. The van der Waals surface area contributed by atoms with Crippen LogP contribution in [-0.2, 0) is 20.0 Å². The second-order valence-corrected chi connectivity index (χ2v) is 5.79. The fourth-order valence-electron chi connectivity index (χ4n) is 2.70. The van der Waals surface area contributed by atoms with Crippen molar-refractivity contribution in [2.45, 2.75) is 19.4 Å². The van der Waals surface area contributed by atoms with Crippen LogP contribution in [-0.4, -0.2) is 33.0 Å². The summed E-state index contributed by atoms with van der Waals surface area (Å²) >= 11 is 0. The largest absolute Gasteiger partial charge is 0.338 e. The second-order valence-electron chi connectivity index (χ2n) is 5.79. The van der Waals surface area contributed by atoms with Crippen LogP contribution in [0.3, 0.4) is 0 Å². The van der Waals surface area contributed by atoms with Gasteiger partial charge in [-0.25, -0.2) is 4.98 Å². The molecule has 0 atom stereocenters. The average Bonchev–Trinajstić information content (AvgIpc) is 2.92. The molecule has 0 saturated carbocycles. The lowest BCUT2D eigenvalue weighted by molar-refractivity contribution is 0.317. The Balaban J connectivity index is 1.54. The summed E-state index contributed by atoms with van der Waals surface area (Å²) in [5, 5.41) is 1.20. The van der Waals surface area contributed by atoms with E-state index in [-0.39, 0.29) is 0 Å². The van der Waals surface area contributed by atoms with Gasteiger partial charge in [-0.3, -0.25) is 4.98 Å². The molecule has 0 unspecified atom stereocenters. The lowest BCUT2D eigenvalue weighted by atomic mass is 10.2. The first-order valence-corrected chi connectivity index (χ1v) is 7.72. The van der Waals surface area contributed by atoms with Gasteiger partial charge >= 0.3 is 0 Å². The molecule has 114 valence electrons. The standard InChI is InChI=1S/C18H22N4/c1-21(12-5-8-18-19-11-13-22(18)2)14-16-10-9-15-6-3-4-7-17(15)20-16/h3-4,6-7,9-11,13H,5,8,12,14H2,1-2H3. The highest BCUT2D eigenvalue weighted by Gasteiger charge is 2.04. The quantitative estimate of drug-likeness (QED) is 0.701. The molecule has 0 saturated heterocycles. The summed E-state index contributed by atoms with van der Waals surface area (Å²) in [7, 11) is 4.19. The van der Waals surface area contributed by atoms with E-state index in [0.29, 0.717) is 0 Å². The van der Waals surface area contributed by atoms with Crippen LogP contribution in [0.2, 0.25) is 0 Å². The van der Waals surface area contributed by atoms with Crippen molar-refractivity contribution < 1.29 is 0 Å². The normalized spacial score (nSPS) is 11.4. The van der Waals surface area contributed by atoms with Gasteiger partial charge in [-0.05, 0) is 32.1 Å². The smallest absolute Gasteiger partial charge is 0.108 e. The average molecular weight is 294 g/mol. The Morgan fingerprint density at radius 3 is 2.82 bits per heavy atom. The van der Waals surface area contributed by atoms with Gasteiger partial charge in [0.15, 0.2) is 0 Å². The molecule has 22 heavy (non-hydrogen) atoms. The predicted molar refractivity (Wildman–Crippen MR) is 89.6 cm³/mol. The van der Waals surface area contributed by atoms with Gasteiger partial charge in [0, 0.05) is 37.8 Å². The number of aromatic nitrogens is 3. The van der Waals surface area contributed by atoms with Gasteiger partial charge in [0.2, 0.25) is 0 Å². The number of nitrogens with zero attached hydrogens (tertiary/aromatic N) is 4. The number of hydrogen-bond acceptors (Lipinski definition) is 3. The third-order valence-corrected chi connectivity index (χ3v) is 3.95. The first-order valence-electron chi connectivity index (χ1n) is 7.72. The van der Waals surface area contributed by atoms with Gasteiger partial charge in [-0.15, -0.1) is 0 Å². The third kappa shape index (κ3) is 3.52. The molecule has 2 heterocycles. The van der Waals surface area contributed by atoms with Crippen LogP contribution in [0.15, 0.2) is 48.8 Å². The molecule has 0 aliphatic heterocycles. The Kier molecular flexibility index (Phi) is 4.49. The summed E-state index contributed by atoms with van der Waals surface area (Å²) in [6.45, 7) is 1.92. The first-order chi connectivity index (χ1) is 10.7. The number of imidazole rings is 1. The lowest BCUT2D eigenvalue weighted by Gasteiger charge is -2.16. The highest BCUT2D eigenvalue weighted by Crippen LogP contribution is 2.13. The molecule has 3 aromatic rings. The van der Waals surface area contributed by atoms with Crippen LogP contribution in [0.1, 0.15) is 17.9 Å². The maximum absolute atomic E-state index is 4.73. The van der Waals surface area contributed by atoms with Gasteiger partial charge in [0.05, 0.1) is 11.2 Å². The summed E-state index contributed by atoms with van der Waals surface area (Å²) in [4.78, 5) is 11.4. The summed E-state index contributed by atoms with van der Waals surface area (Å²) in [6.07, 6.45) is 5.98. The highest BCUT2D eigenvalue weighted by atomic mass is 15.1. The monoisotopic (exact) mass is 294 g/mol. The van der Waals surface area contributed by atoms with Gasteiger partial charge in [0.25, 0.3) is 0 Å². The van der Waals surface area contributed by atoms with Crippen molar-refractivity contribution in [2.75, 3.05) is 13.6 Å². The number of pyridine rings is 1. The summed E-state index contributed by atoms with van der Waals surface area (Å²) in [6, 6.07) is 12.5. The highest BCUT2D eigenvalue weighted by molar-refractivity contribution is 5.78. The van der Waals surface area contributed by atoms with Crippen LogP contribution in [0.25, 0.3) is 10.9 Å². The Morgan fingerprint density at radius 1 is 1.14 bits per heavy atom. The fourth-order valence-corrected chi connectivity index (χ4v) is 2.70. The van der Waals surface area contributed by atoms with Crippen molar-refractivity contribution in [3.63, 3.8) is 0 Å². The van der Waals surface area contributed by atoms with Gasteiger partial charge in [-0.2, -0.15) is 0 Å². The second kappa shape index (κ2) is 6.71. The molecule has 0 spiro atoms. The molecule has 0 bridgehead atoms. The van der Waals surface area contributed by atoms with E-state index in [0.717, 1.165) is 43.0 Å². The molecule has 2 aromatic heterocycles. The number of rotatable bonds is 6. The molecule has 0 aliphatic carbocycles. The first kappa shape index (κ1) is 14.7. The van der Waals surface area contributed by atoms with E-state index in [2.05, 4.69) is 45.8 Å². The molecule has 3 rings (SSSR count). The maximum atomic E-state index is 4.73. The summed E-state index contributed by atoms with van der Waals surface area (Å²) in [5.41, 5.74) is 2.19. The van der Waals surface area contributed by atoms with Gasteiger partial charge < -0.3 is 9.47 Å². The molecule has 0 N–H and O–H groups in total. The van der Waals surface area contributed by atoms with Crippen LogP contribution < -0.4 is 0 Å². The summed E-state index contributed by atoms with van der Waals surface area (Å²) < 4.78 is 2.09. The molecule has 0 amide bonds. The molecule has 4 heteroatoms. The van der Waals surface area contributed by atoms with Gasteiger partial charge in [-0.1, -0.05) is 24.3 Å². The molecule has 0 aliphatic rings. The van der Waals surface area contributed by atoms with E-state index in [1.54, 1.807) is 0 Å². The van der Waals surface area contributed by atoms with Crippen molar-refractivity contribution in [1.29, 1.82) is 0 Å². The van der Waals surface area contributed by atoms with Crippen LogP contribution in [0.4, 0.5) is 0 Å². The Bertz CT molecular complexity index is 747. The number of benzene rings is 1. The summed E-state index contributed by atoms with van der Waals surface area (Å²) in [5.74, 6) is 1.15. The molecule has 1 aromatic carbocycles. The van der Waals surface area contributed by atoms with Gasteiger partial charge in [0.1, 0.15) is 5.82 Å². The zero-order chi connectivity index (χ0) is 15.4. The van der Waals surface area contributed by atoms with E-state index in [9.17, 15) is 0 Å². The van der Waals surface area contributed by atoms with E-state index in [1.807, 2.05) is 31.6 Å². The Labute approximate surface area is 131 Å². The molecule has 4 nitrogen and oxygen atoms in total. The fraction of sp³-hybridized carbons (Fsp3) is 0.333. The van der Waals surface area contributed by atoms with E-state index in [4.69, 9.17) is 4.98 Å². The minimum atomic E-state index is 0.880. The van der Waals surface area contributed by atoms with E-state index >= 15 is 0 Å². The van der Waals surface area contributed by atoms with Crippen molar-refractivity contribution >= 4 is 10.9 Å². The number of para-hydroxylation sites is 1. The van der Waals surface area contributed by atoms with Crippen molar-refractivity contribution in [3.8, 4) is 0 Å². The van der Waals surface area contributed by atoms with Crippen LogP contribution in [0.5, 0.6) is 0 Å². The Morgan fingerprint density at radius 2 is 2.00 bits per heavy atom. The van der Waals surface area contributed by atoms with Crippen molar-refractivity contribution in [1.82, 2.24) is 19.4 Å². The Hall–Kier alpha value is -2.20. The predicted octanol–water partition coefficient (Wildman–Crippen LogP) is 3.03. The third-order valence-electron chi connectivity index (χ3n) is 3.95. The van der Waals surface area contributed by atoms with Crippen LogP contribution in [0, 0.1) is 0 Å². The van der Waals surface area contributed by atoms with Crippen LogP contribution >= 0.6 is 0 Å². The molecule has 0 fully saturated rings. The van der Waals surface area contributed by atoms with Crippen molar-refractivity contribution in [3.05, 3.63) is 60.3 Å². The molecule has 0 radical (unpaired) electrons. The number of hydrogen-bond donors (Lipinski definition) is 0. The maximum Gasteiger partial charge on any atom is 0.108 e. The number of fused-ring (bicyclic) bond motifs is 1. The molecular formula is C18H22N4. The SMILES string of the molecule is CN(CCCc1nccn1C)Cc1ccc2ccccc2n1. The van der Waals surface area contributed by atoms with E-state index in [1.165, 1.54) is 5.39 Å². The zero-order valence-electron chi connectivity index (χ0n) is 13.2. The minimum Gasteiger partial charge on any atom is -0.338 e. The van der Waals surface area contributed by atoms with E-state index < -0.39 is 0 Å². The molecular weight excluding hydrogens is 272 g/mol. The zero-order valence-corrected chi connectivity index (χ0v) is 13.2. The topological polar surface area (TPSA) is 34.0 Å². The van der Waals surface area contributed by atoms with Crippen molar-refractivity contribution in [2.24, 2.45) is 7.05 Å². The minimum absolute atomic E-state index is 0.880.